The number of sulfone groups is 1. The van der Waals surface area contributed by atoms with Crippen LogP contribution in [0.15, 0.2) is 54.6 Å². The number of fused-ring (bicyclic) bond motifs is 3. The lowest BCUT2D eigenvalue weighted by atomic mass is 9.91. The van der Waals surface area contributed by atoms with Crippen LogP contribution in [0.3, 0.4) is 0 Å². The van der Waals surface area contributed by atoms with Gasteiger partial charge in [0.15, 0.2) is 15.6 Å². The third kappa shape index (κ3) is 8.33. The predicted molar refractivity (Wildman–Crippen MR) is 195 cm³/mol. The fourth-order valence-electron chi connectivity index (χ4n) is 7.81. The maximum Gasteiger partial charge on any atom is 0.408 e. The molecule has 3 saturated carbocycles. The summed E-state index contributed by atoms with van der Waals surface area (Å²) in [6, 6.07) is 10.5. The zero-order valence-corrected chi connectivity index (χ0v) is 30.8. The van der Waals surface area contributed by atoms with Gasteiger partial charge in [0, 0.05) is 23.9 Å². The molecule has 2 aromatic carbocycles. The summed E-state index contributed by atoms with van der Waals surface area (Å²) in [5.41, 5.74) is 0.232. The first-order valence-electron chi connectivity index (χ1n) is 18.6. The molecule has 4 atom stereocenters. The summed E-state index contributed by atoms with van der Waals surface area (Å²) in [7, 11) is -3.63. The van der Waals surface area contributed by atoms with Crippen molar-refractivity contribution < 1.29 is 37.1 Å². The summed E-state index contributed by atoms with van der Waals surface area (Å²) in [6.07, 6.45) is 11.5. The number of Topliss-reactive ketones (excluding diaryl/α,β-unsaturated/α-hetero) is 1. The second-order valence-electron chi connectivity index (χ2n) is 15.0. The molecule has 2 aromatic rings. The highest BCUT2D eigenvalue weighted by Crippen LogP contribution is 2.47. The van der Waals surface area contributed by atoms with E-state index in [4.69, 9.17) is 21.1 Å². The number of hydrogen-bond donors (Lipinski definition) is 2. The van der Waals surface area contributed by atoms with Gasteiger partial charge < -0.3 is 25.0 Å². The van der Waals surface area contributed by atoms with Gasteiger partial charge in [-0.2, -0.15) is 0 Å². The summed E-state index contributed by atoms with van der Waals surface area (Å²) < 4.78 is 37.6. The Morgan fingerprint density at radius 3 is 2.48 bits per heavy atom. The van der Waals surface area contributed by atoms with Gasteiger partial charge in [0.2, 0.25) is 11.8 Å². The van der Waals surface area contributed by atoms with Crippen molar-refractivity contribution in [2.75, 3.05) is 5.75 Å². The van der Waals surface area contributed by atoms with Crippen LogP contribution in [0.5, 0.6) is 11.5 Å². The maximum atomic E-state index is 14.5. The highest BCUT2D eigenvalue weighted by atomic mass is 35.5. The van der Waals surface area contributed by atoms with Crippen molar-refractivity contribution in [3.63, 3.8) is 0 Å². The molecule has 3 fully saturated rings. The first-order valence-corrected chi connectivity index (χ1v) is 20.7. The molecule has 13 heteroatoms. The van der Waals surface area contributed by atoms with Gasteiger partial charge in [-0.25, -0.2) is 13.2 Å². The monoisotopic (exact) mass is 751 g/mol. The number of amides is 3. The molecule has 7 rings (SSSR count). The Hall–Kier alpha value is -3.90. The molecule has 0 radical (unpaired) electrons. The van der Waals surface area contributed by atoms with Gasteiger partial charge in [0.25, 0.3) is 0 Å². The minimum Gasteiger partial charge on any atom is -0.457 e. The molecule has 0 aromatic heterocycles. The zero-order chi connectivity index (χ0) is 36.5. The van der Waals surface area contributed by atoms with Gasteiger partial charge in [0.1, 0.15) is 41.0 Å². The van der Waals surface area contributed by atoms with Crippen molar-refractivity contribution in [3.8, 4) is 11.5 Å². The predicted octanol–water partition coefficient (Wildman–Crippen LogP) is 5.96. The van der Waals surface area contributed by atoms with Crippen LogP contribution in [0.4, 0.5) is 4.79 Å². The van der Waals surface area contributed by atoms with Crippen LogP contribution in [0.1, 0.15) is 88.2 Å². The van der Waals surface area contributed by atoms with Crippen LogP contribution in [-0.4, -0.2) is 71.7 Å². The molecule has 0 unspecified atom stereocenters. The highest BCUT2D eigenvalue weighted by Gasteiger charge is 2.61. The molecule has 2 heterocycles. The third-order valence-corrected chi connectivity index (χ3v) is 13.4. The minimum absolute atomic E-state index is 0.0832. The standard InChI is InChI=1S/C39H46ClN3O8S/c40-28-10-8-13-30(21-28)50-31-16-15-25-23-43-34(20-26(25)19-31)36(45)42-39(35(44)24-52(48,49)32-17-18-32)22-27(39)9-4-2-1-3-5-14-33(37(43)46)41-38(47)51-29-11-6-7-12-29/h4,8-10,13,15-16,19,21,27,29,32-34H,1-3,5-7,11-12,14,17-18,20,22-24H2,(H,41,47)(H,42,45)/b9-4-/t27-,33+,34-,39-/m1/s1. The topological polar surface area (TPSA) is 148 Å². The number of carbonyl (C=O) groups is 4. The van der Waals surface area contributed by atoms with E-state index in [2.05, 4.69) is 10.6 Å². The first-order chi connectivity index (χ1) is 25.0. The number of alkyl carbamates (subject to hydrolysis) is 1. The van der Waals surface area contributed by atoms with Crippen molar-refractivity contribution in [1.29, 1.82) is 0 Å². The van der Waals surface area contributed by atoms with E-state index in [1.807, 2.05) is 24.3 Å². The second kappa shape index (κ2) is 15.2. The third-order valence-electron chi connectivity index (χ3n) is 11.0. The van der Waals surface area contributed by atoms with Gasteiger partial charge in [0.05, 0.1) is 5.25 Å². The van der Waals surface area contributed by atoms with E-state index in [9.17, 15) is 27.6 Å². The Morgan fingerprint density at radius 1 is 0.942 bits per heavy atom. The molecule has 0 bridgehead atoms. The summed E-state index contributed by atoms with van der Waals surface area (Å²) in [4.78, 5) is 57.4. The number of hydrogen-bond acceptors (Lipinski definition) is 8. The average Bonchev–Trinajstić information content (AvgIpc) is 4.03. The fourth-order valence-corrected chi connectivity index (χ4v) is 9.70. The lowest BCUT2D eigenvalue weighted by Gasteiger charge is -2.39. The highest BCUT2D eigenvalue weighted by molar-refractivity contribution is 7.93. The Bertz CT molecular complexity index is 1860. The summed E-state index contributed by atoms with van der Waals surface area (Å²) in [6.45, 7) is 0.0832. The van der Waals surface area contributed by atoms with Gasteiger partial charge in [-0.1, -0.05) is 48.7 Å². The van der Waals surface area contributed by atoms with Crippen molar-refractivity contribution in [2.45, 2.75) is 119 Å². The molecule has 0 saturated heterocycles. The van der Waals surface area contributed by atoms with Crippen LogP contribution in [0.2, 0.25) is 5.02 Å². The number of ketones is 1. The number of halogens is 1. The quantitative estimate of drug-likeness (QED) is 0.314. The zero-order valence-electron chi connectivity index (χ0n) is 29.2. The second-order valence-corrected chi connectivity index (χ2v) is 17.7. The number of nitrogens with zero attached hydrogens (tertiary/aromatic N) is 1. The summed E-state index contributed by atoms with van der Waals surface area (Å²) in [5.74, 6) is -1.39. The van der Waals surface area contributed by atoms with Crippen LogP contribution in [0, 0.1) is 5.92 Å². The van der Waals surface area contributed by atoms with Crippen LogP contribution in [-0.2, 0) is 41.9 Å². The number of carbonyl (C=O) groups excluding carboxylic acids is 4. The van der Waals surface area contributed by atoms with Crippen LogP contribution < -0.4 is 15.4 Å². The SMILES string of the molecule is O=C(N[C@H]1CCCCC/C=C\[C@@H]2C[C@@]2(C(=O)CS(=O)(=O)C2CC2)NC(=O)[C@H]2Cc3cc(Oc4cccc(Cl)c4)ccc3CN2C1=O)OC1CCCC1. The number of nitrogens with one attached hydrogen (secondary N) is 2. The number of benzene rings is 2. The smallest absolute Gasteiger partial charge is 0.408 e. The van der Waals surface area contributed by atoms with Gasteiger partial charge >= 0.3 is 6.09 Å². The van der Waals surface area contributed by atoms with E-state index < -0.39 is 62.2 Å². The molecule has 3 amide bonds. The normalized spacial score (nSPS) is 27.5. The molecule has 278 valence electrons. The molecule has 2 N–H and O–H groups in total. The lowest BCUT2D eigenvalue weighted by molar-refractivity contribution is -0.144. The Morgan fingerprint density at radius 2 is 1.71 bits per heavy atom. The Labute approximate surface area is 309 Å². The van der Waals surface area contributed by atoms with E-state index in [1.54, 1.807) is 30.3 Å². The molecule has 3 aliphatic carbocycles. The first kappa shape index (κ1) is 36.5. The van der Waals surface area contributed by atoms with Gasteiger partial charge in [-0.3, -0.25) is 14.4 Å². The molecule has 2 aliphatic heterocycles. The Balaban J connectivity index is 1.19. The molecule has 11 nitrogen and oxygen atoms in total. The van der Waals surface area contributed by atoms with Crippen molar-refractivity contribution in [3.05, 3.63) is 70.8 Å². The summed E-state index contributed by atoms with van der Waals surface area (Å²) >= 11 is 6.17. The number of ether oxygens (including phenoxy) is 2. The molecular weight excluding hydrogens is 706 g/mol. The molecular formula is C39H46ClN3O8S. The van der Waals surface area contributed by atoms with Gasteiger partial charge in [-0.05, 0) is 106 Å². The van der Waals surface area contributed by atoms with E-state index in [1.165, 1.54) is 4.90 Å². The van der Waals surface area contributed by atoms with E-state index in [0.29, 0.717) is 48.6 Å². The molecule has 52 heavy (non-hydrogen) atoms. The van der Waals surface area contributed by atoms with Crippen LogP contribution in [0.25, 0.3) is 0 Å². The van der Waals surface area contributed by atoms with E-state index in [0.717, 1.165) is 56.1 Å². The van der Waals surface area contributed by atoms with Crippen molar-refractivity contribution in [1.82, 2.24) is 15.5 Å². The fraction of sp³-hybridized carbons (Fsp3) is 0.538. The van der Waals surface area contributed by atoms with Crippen molar-refractivity contribution in [2.24, 2.45) is 5.92 Å². The molecule has 0 spiro atoms. The average molecular weight is 752 g/mol. The van der Waals surface area contributed by atoms with E-state index >= 15 is 0 Å². The Kier molecular flexibility index (Phi) is 10.7. The largest absolute Gasteiger partial charge is 0.457 e. The number of rotatable bonds is 8. The maximum absolute atomic E-state index is 14.5. The summed E-state index contributed by atoms with van der Waals surface area (Å²) in [5, 5.41) is 5.83. The van der Waals surface area contributed by atoms with Gasteiger partial charge in [-0.15, -0.1) is 0 Å². The lowest BCUT2D eigenvalue weighted by Crippen LogP contribution is -2.60. The van der Waals surface area contributed by atoms with Crippen molar-refractivity contribution >= 4 is 45.1 Å². The molecule has 5 aliphatic rings. The van der Waals surface area contributed by atoms with Crippen LogP contribution >= 0.6 is 11.6 Å². The minimum atomic E-state index is -3.63. The van der Waals surface area contributed by atoms with E-state index in [-0.39, 0.29) is 25.0 Å². The number of allylic oxidation sites excluding steroid dienone is 1.